The van der Waals surface area contributed by atoms with Crippen LogP contribution in [0.15, 0.2) is 29.2 Å². The first-order chi connectivity index (χ1) is 4.83. The fourth-order valence-electron chi connectivity index (χ4n) is 0.632. The lowest BCUT2D eigenvalue weighted by Crippen LogP contribution is -1.89. The van der Waals surface area contributed by atoms with Crippen LogP contribution in [0.3, 0.4) is 0 Å². The molecule has 0 radical (unpaired) electrons. The maximum Gasteiger partial charge on any atom is 0.115 e. The number of hydrogen-bond donors (Lipinski definition) is 2. The molecule has 0 aromatic heterocycles. The molecule has 0 aliphatic rings. The van der Waals surface area contributed by atoms with Crippen LogP contribution in [0, 0.1) is 0 Å². The smallest absolute Gasteiger partial charge is 0.115 e. The minimum Gasteiger partial charge on any atom is -0.508 e. The first kappa shape index (κ1) is 7.44. The minimum atomic E-state index is 0.306. The van der Waals surface area contributed by atoms with Gasteiger partial charge in [0, 0.05) is 4.90 Å². The number of hydrogen-bond acceptors (Lipinski definition) is 3. The Morgan fingerprint density at radius 2 is 1.90 bits per heavy atom. The fourth-order valence-corrected chi connectivity index (χ4v) is 1.14. The molecule has 10 heavy (non-hydrogen) atoms. The zero-order valence-electron chi connectivity index (χ0n) is 5.66. The van der Waals surface area contributed by atoms with E-state index in [1.807, 2.05) is 19.2 Å². The molecule has 0 bridgehead atoms. The lowest BCUT2D eigenvalue weighted by atomic mass is 10.3. The summed E-state index contributed by atoms with van der Waals surface area (Å²) < 4.78 is 2.94. The van der Waals surface area contributed by atoms with Gasteiger partial charge in [0.05, 0.1) is 0 Å². The maximum atomic E-state index is 8.90. The second-order valence-electron chi connectivity index (χ2n) is 1.80. The molecular weight excluding hydrogens is 146 g/mol. The van der Waals surface area contributed by atoms with Crippen molar-refractivity contribution in [3.05, 3.63) is 24.3 Å². The predicted octanol–water partition coefficient (Wildman–Crippen LogP) is 1.62. The third-order valence-electron chi connectivity index (χ3n) is 1.06. The fraction of sp³-hybridized carbons (Fsp3) is 0.143. The average Bonchev–Trinajstić information content (AvgIpc) is 1.95. The van der Waals surface area contributed by atoms with Gasteiger partial charge in [0.25, 0.3) is 0 Å². The van der Waals surface area contributed by atoms with Gasteiger partial charge in [-0.2, -0.15) is 0 Å². The highest BCUT2D eigenvalue weighted by molar-refractivity contribution is 7.97. The number of aromatic hydroxyl groups is 1. The molecule has 0 heterocycles. The molecule has 1 aromatic rings. The highest BCUT2D eigenvalue weighted by atomic mass is 32.2. The third kappa shape index (κ3) is 1.93. The zero-order chi connectivity index (χ0) is 7.40. The lowest BCUT2D eigenvalue weighted by Gasteiger charge is -1.97. The Balaban J connectivity index is 2.69. The van der Waals surface area contributed by atoms with Gasteiger partial charge in [0.1, 0.15) is 5.75 Å². The molecule has 0 aliphatic heterocycles. The Hall–Kier alpha value is -0.670. The molecule has 1 aromatic carbocycles. The molecule has 2 nitrogen and oxygen atoms in total. The Morgan fingerprint density at radius 1 is 1.30 bits per heavy atom. The number of phenols is 1. The van der Waals surface area contributed by atoms with E-state index in [4.69, 9.17) is 5.11 Å². The second kappa shape index (κ2) is 3.49. The Kier molecular flexibility index (Phi) is 2.59. The van der Waals surface area contributed by atoms with Gasteiger partial charge >= 0.3 is 0 Å². The van der Waals surface area contributed by atoms with E-state index in [1.165, 1.54) is 11.9 Å². The molecule has 0 saturated carbocycles. The standard InChI is InChI=1S/C7H9NOS/c1-8-10-7-4-2-6(9)3-5-7/h2-5,8-9H,1H3. The van der Waals surface area contributed by atoms with Crippen LogP contribution in [0.1, 0.15) is 0 Å². The number of benzene rings is 1. The van der Waals surface area contributed by atoms with Gasteiger partial charge in [-0.1, -0.05) is 0 Å². The number of rotatable bonds is 2. The van der Waals surface area contributed by atoms with Crippen LogP contribution in [0.2, 0.25) is 0 Å². The largest absolute Gasteiger partial charge is 0.508 e. The molecule has 1 rings (SSSR count). The van der Waals surface area contributed by atoms with Gasteiger partial charge < -0.3 is 5.11 Å². The average molecular weight is 155 g/mol. The molecule has 0 unspecified atom stereocenters. The zero-order valence-corrected chi connectivity index (χ0v) is 6.48. The van der Waals surface area contributed by atoms with Crippen molar-refractivity contribution in [3.8, 4) is 5.75 Å². The van der Waals surface area contributed by atoms with Crippen LogP contribution in [-0.4, -0.2) is 12.2 Å². The summed E-state index contributed by atoms with van der Waals surface area (Å²) in [5.74, 6) is 0.306. The highest BCUT2D eigenvalue weighted by Crippen LogP contribution is 2.16. The van der Waals surface area contributed by atoms with Crippen LogP contribution in [0.25, 0.3) is 0 Å². The summed E-state index contributed by atoms with van der Waals surface area (Å²) in [6.45, 7) is 0. The van der Waals surface area contributed by atoms with E-state index in [0.29, 0.717) is 5.75 Å². The van der Waals surface area contributed by atoms with Crippen LogP contribution in [0.4, 0.5) is 0 Å². The first-order valence-electron chi connectivity index (χ1n) is 2.95. The van der Waals surface area contributed by atoms with Crippen molar-refractivity contribution in [2.24, 2.45) is 0 Å². The van der Waals surface area contributed by atoms with Crippen LogP contribution >= 0.6 is 11.9 Å². The quantitative estimate of drug-likeness (QED) is 0.636. The molecule has 0 spiro atoms. The van der Waals surface area contributed by atoms with Crippen molar-refractivity contribution in [1.29, 1.82) is 0 Å². The second-order valence-corrected chi connectivity index (χ2v) is 2.88. The molecule has 54 valence electrons. The van der Waals surface area contributed by atoms with E-state index in [-0.39, 0.29) is 0 Å². The van der Waals surface area contributed by atoms with E-state index >= 15 is 0 Å². The van der Waals surface area contributed by atoms with Crippen molar-refractivity contribution in [3.63, 3.8) is 0 Å². The van der Waals surface area contributed by atoms with Gasteiger partial charge in [-0.3, -0.25) is 4.72 Å². The van der Waals surface area contributed by atoms with Crippen molar-refractivity contribution >= 4 is 11.9 Å². The van der Waals surface area contributed by atoms with E-state index in [2.05, 4.69) is 4.72 Å². The molecule has 0 fully saturated rings. The molecular formula is C7H9NOS. The Bertz CT molecular complexity index is 197. The Labute approximate surface area is 64.4 Å². The van der Waals surface area contributed by atoms with E-state index < -0.39 is 0 Å². The number of nitrogens with one attached hydrogen (secondary N) is 1. The highest BCUT2D eigenvalue weighted by Gasteiger charge is 1.89. The number of phenolic OH excluding ortho intramolecular Hbond substituents is 1. The van der Waals surface area contributed by atoms with Crippen LogP contribution < -0.4 is 4.72 Å². The summed E-state index contributed by atoms with van der Waals surface area (Å²) in [4.78, 5) is 1.10. The van der Waals surface area contributed by atoms with E-state index in [9.17, 15) is 0 Å². The molecule has 3 heteroatoms. The third-order valence-corrected chi connectivity index (χ3v) is 1.77. The van der Waals surface area contributed by atoms with Gasteiger partial charge in [-0.05, 0) is 43.3 Å². The van der Waals surface area contributed by atoms with Gasteiger partial charge in [0.2, 0.25) is 0 Å². The molecule has 0 atom stereocenters. The molecule has 0 amide bonds. The van der Waals surface area contributed by atoms with Crippen molar-refractivity contribution in [2.75, 3.05) is 7.05 Å². The molecule has 2 N–H and O–H groups in total. The van der Waals surface area contributed by atoms with Gasteiger partial charge in [-0.25, -0.2) is 0 Å². The van der Waals surface area contributed by atoms with E-state index in [1.54, 1.807) is 12.1 Å². The summed E-state index contributed by atoms with van der Waals surface area (Å²) in [5, 5.41) is 8.90. The summed E-state index contributed by atoms with van der Waals surface area (Å²) in [5.41, 5.74) is 0. The first-order valence-corrected chi connectivity index (χ1v) is 3.77. The van der Waals surface area contributed by atoms with Gasteiger partial charge in [0.15, 0.2) is 0 Å². The normalized spacial score (nSPS) is 9.70. The maximum absolute atomic E-state index is 8.90. The van der Waals surface area contributed by atoms with Gasteiger partial charge in [-0.15, -0.1) is 0 Å². The summed E-state index contributed by atoms with van der Waals surface area (Å²) in [7, 11) is 1.86. The predicted molar refractivity (Wildman–Crippen MR) is 43.0 cm³/mol. The van der Waals surface area contributed by atoms with Crippen molar-refractivity contribution < 1.29 is 5.11 Å². The van der Waals surface area contributed by atoms with Crippen molar-refractivity contribution in [2.45, 2.75) is 4.90 Å². The van der Waals surface area contributed by atoms with E-state index in [0.717, 1.165) is 4.90 Å². The summed E-state index contributed by atoms with van der Waals surface area (Å²) in [6, 6.07) is 7.05. The van der Waals surface area contributed by atoms with Crippen LogP contribution in [0.5, 0.6) is 5.75 Å². The SMILES string of the molecule is CNSc1ccc(O)cc1. The minimum absolute atomic E-state index is 0.306. The molecule has 0 saturated heterocycles. The lowest BCUT2D eigenvalue weighted by molar-refractivity contribution is 0.475. The van der Waals surface area contributed by atoms with Crippen LogP contribution in [-0.2, 0) is 0 Å². The van der Waals surface area contributed by atoms with Crippen molar-refractivity contribution in [1.82, 2.24) is 4.72 Å². The molecule has 0 aliphatic carbocycles. The Morgan fingerprint density at radius 3 is 2.40 bits per heavy atom. The monoisotopic (exact) mass is 155 g/mol. The topological polar surface area (TPSA) is 32.3 Å². The summed E-state index contributed by atoms with van der Waals surface area (Å²) in [6.07, 6.45) is 0. The summed E-state index contributed by atoms with van der Waals surface area (Å²) >= 11 is 1.52.